The fraction of sp³-hybridized carbons (Fsp3) is 0.429. The number of aryl methyl sites for hydroxylation is 1. The SMILES string of the molecule is CCOC(=O)C(Cc1cccc(C)c1)C(=O)C(F)(F)F.[H-].[Na+]. The Morgan fingerprint density at radius 1 is 1.33 bits per heavy atom. The van der Waals surface area contributed by atoms with Gasteiger partial charge in [-0.15, -0.1) is 0 Å². The van der Waals surface area contributed by atoms with E-state index in [0.29, 0.717) is 5.56 Å². The summed E-state index contributed by atoms with van der Waals surface area (Å²) in [5.41, 5.74) is 1.32. The Balaban J connectivity index is 0. The van der Waals surface area contributed by atoms with Crippen LogP contribution in [0.2, 0.25) is 0 Å². The van der Waals surface area contributed by atoms with Gasteiger partial charge in [-0.2, -0.15) is 13.2 Å². The fourth-order valence-corrected chi connectivity index (χ4v) is 1.80. The van der Waals surface area contributed by atoms with Gasteiger partial charge in [0.05, 0.1) is 6.61 Å². The molecule has 1 atom stereocenters. The van der Waals surface area contributed by atoms with E-state index < -0.39 is 23.8 Å². The molecule has 0 N–H and O–H groups in total. The third-order valence-electron chi connectivity index (χ3n) is 2.69. The minimum Gasteiger partial charge on any atom is -1.00 e. The Hall–Kier alpha value is -0.850. The van der Waals surface area contributed by atoms with Crippen molar-refractivity contribution in [1.82, 2.24) is 0 Å². The summed E-state index contributed by atoms with van der Waals surface area (Å²) < 4.78 is 42.1. The molecule has 0 aromatic heterocycles. The number of hydrogen-bond acceptors (Lipinski definition) is 3. The van der Waals surface area contributed by atoms with E-state index in [1.807, 2.05) is 0 Å². The molecular weight excluding hydrogens is 296 g/mol. The minimum absolute atomic E-state index is 0. The topological polar surface area (TPSA) is 43.4 Å². The molecule has 1 aromatic rings. The molecule has 21 heavy (non-hydrogen) atoms. The van der Waals surface area contributed by atoms with E-state index in [4.69, 9.17) is 0 Å². The van der Waals surface area contributed by atoms with Crippen LogP contribution in [0.3, 0.4) is 0 Å². The third-order valence-corrected chi connectivity index (χ3v) is 2.69. The van der Waals surface area contributed by atoms with Gasteiger partial charge < -0.3 is 6.16 Å². The first-order chi connectivity index (χ1) is 9.25. The maximum absolute atomic E-state index is 12.5. The number of carbonyl (C=O) groups excluding carboxylic acids is 2. The van der Waals surface area contributed by atoms with Crippen LogP contribution < -0.4 is 29.6 Å². The molecule has 0 bridgehead atoms. The molecule has 0 radical (unpaired) electrons. The van der Waals surface area contributed by atoms with Crippen LogP contribution in [-0.2, 0) is 20.7 Å². The normalized spacial score (nSPS) is 12.2. The molecule has 0 aliphatic rings. The van der Waals surface area contributed by atoms with Crippen molar-refractivity contribution in [2.24, 2.45) is 5.92 Å². The van der Waals surface area contributed by atoms with Crippen molar-refractivity contribution in [3.8, 4) is 0 Å². The Morgan fingerprint density at radius 3 is 2.43 bits per heavy atom. The zero-order valence-corrected chi connectivity index (χ0v) is 14.2. The molecule has 0 saturated carbocycles. The summed E-state index contributed by atoms with van der Waals surface area (Å²) in [7, 11) is 0. The van der Waals surface area contributed by atoms with Crippen molar-refractivity contribution in [2.75, 3.05) is 6.61 Å². The molecule has 1 aromatic carbocycles. The van der Waals surface area contributed by atoms with Gasteiger partial charge in [0, 0.05) is 0 Å². The first kappa shape index (κ1) is 20.1. The van der Waals surface area contributed by atoms with Gasteiger partial charge in [-0.3, -0.25) is 9.59 Å². The average molecular weight is 312 g/mol. The van der Waals surface area contributed by atoms with E-state index in [1.54, 1.807) is 31.2 Å². The minimum atomic E-state index is -5.05. The summed E-state index contributed by atoms with van der Waals surface area (Å²) in [6.45, 7) is 3.17. The second kappa shape index (κ2) is 8.56. The zero-order valence-electron chi connectivity index (χ0n) is 13.2. The van der Waals surface area contributed by atoms with Gasteiger partial charge in [0.2, 0.25) is 0 Å². The van der Waals surface area contributed by atoms with Crippen molar-refractivity contribution in [3.63, 3.8) is 0 Å². The number of ketones is 1. The first-order valence-corrected chi connectivity index (χ1v) is 6.09. The molecule has 0 aliphatic carbocycles. The molecule has 1 unspecified atom stereocenters. The second-order valence-electron chi connectivity index (χ2n) is 4.36. The number of rotatable bonds is 5. The van der Waals surface area contributed by atoms with Crippen LogP contribution in [0.15, 0.2) is 24.3 Å². The number of halogens is 3. The molecule has 0 saturated heterocycles. The Bertz CT molecular complexity index is 506. The number of benzene rings is 1. The second-order valence-corrected chi connectivity index (χ2v) is 4.36. The number of carbonyl (C=O) groups is 2. The fourth-order valence-electron chi connectivity index (χ4n) is 1.80. The van der Waals surface area contributed by atoms with E-state index in [1.165, 1.54) is 6.92 Å². The van der Waals surface area contributed by atoms with Gasteiger partial charge in [0.25, 0.3) is 5.78 Å². The van der Waals surface area contributed by atoms with Crippen molar-refractivity contribution in [1.29, 1.82) is 0 Å². The van der Waals surface area contributed by atoms with Crippen LogP contribution in [0.5, 0.6) is 0 Å². The molecule has 0 amide bonds. The number of Topliss-reactive ketones (excluding diaryl/α,β-unsaturated/α-hetero) is 1. The largest absolute Gasteiger partial charge is 1.00 e. The molecule has 1 rings (SSSR count). The van der Waals surface area contributed by atoms with Gasteiger partial charge in [0.1, 0.15) is 5.92 Å². The molecule has 0 spiro atoms. The Morgan fingerprint density at radius 2 is 1.95 bits per heavy atom. The van der Waals surface area contributed by atoms with Crippen LogP contribution in [-0.4, -0.2) is 24.5 Å². The Kier molecular flexibility index (Phi) is 8.21. The van der Waals surface area contributed by atoms with E-state index in [0.717, 1.165) is 5.56 Å². The van der Waals surface area contributed by atoms with Crippen LogP contribution in [0, 0.1) is 12.8 Å². The number of ether oxygens (including phenoxy) is 1. The van der Waals surface area contributed by atoms with Crippen molar-refractivity contribution < 1.29 is 58.5 Å². The van der Waals surface area contributed by atoms with Crippen molar-refractivity contribution >= 4 is 11.8 Å². The maximum atomic E-state index is 12.5. The van der Waals surface area contributed by atoms with E-state index in [9.17, 15) is 22.8 Å². The predicted octanol–water partition coefficient (Wildman–Crippen LogP) is -0.0353. The van der Waals surface area contributed by atoms with E-state index in [-0.39, 0.29) is 44.0 Å². The van der Waals surface area contributed by atoms with Gasteiger partial charge in [0.15, 0.2) is 0 Å². The molecule has 7 heteroatoms. The average Bonchev–Trinajstić information content (AvgIpc) is 2.34. The van der Waals surface area contributed by atoms with E-state index >= 15 is 0 Å². The van der Waals surface area contributed by atoms with Gasteiger partial charge in [-0.1, -0.05) is 29.8 Å². The molecule has 0 aliphatic heterocycles. The van der Waals surface area contributed by atoms with Gasteiger partial charge in [-0.25, -0.2) is 0 Å². The molecule has 0 fully saturated rings. The Labute approximate surface area is 144 Å². The van der Waals surface area contributed by atoms with Gasteiger partial charge in [-0.05, 0) is 25.8 Å². The van der Waals surface area contributed by atoms with Crippen molar-refractivity contribution in [3.05, 3.63) is 35.4 Å². The number of esters is 1. The summed E-state index contributed by atoms with van der Waals surface area (Å²) in [5.74, 6) is -5.06. The van der Waals surface area contributed by atoms with Crippen molar-refractivity contribution in [2.45, 2.75) is 26.4 Å². The monoisotopic (exact) mass is 312 g/mol. The summed E-state index contributed by atoms with van der Waals surface area (Å²) in [6.07, 6.45) is -5.37. The molecule has 112 valence electrons. The summed E-state index contributed by atoms with van der Waals surface area (Å²) in [4.78, 5) is 22.9. The summed E-state index contributed by atoms with van der Waals surface area (Å²) in [6, 6.07) is 6.64. The maximum Gasteiger partial charge on any atom is 1.00 e. The first-order valence-electron chi connectivity index (χ1n) is 6.09. The zero-order chi connectivity index (χ0) is 15.3. The molecular formula is C14H16F3NaO3. The molecule has 3 nitrogen and oxygen atoms in total. The van der Waals surface area contributed by atoms with Crippen LogP contribution in [0.1, 0.15) is 19.5 Å². The van der Waals surface area contributed by atoms with Crippen LogP contribution in [0.25, 0.3) is 0 Å². The quantitative estimate of drug-likeness (QED) is 0.435. The van der Waals surface area contributed by atoms with E-state index in [2.05, 4.69) is 4.74 Å². The summed E-state index contributed by atoms with van der Waals surface area (Å²) >= 11 is 0. The standard InChI is InChI=1S/C14H15F3O3.Na.H/c1-3-20-13(19)11(12(18)14(15,16)17)8-10-6-4-5-9(2)7-10;;/h4-7,11H,3,8H2,1-2H3;;/q;+1;-1. The smallest absolute Gasteiger partial charge is 1.00 e. The number of alkyl halides is 3. The van der Waals surface area contributed by atoms with Crippen LogP contribution >= 0.6 is 0 Å². The predicted molar refractivity (Wildman–Crippen MR) is 67.2 cm³/mol. The van der Waals surface area contributed by atoms with Gasteiger partial charge >= 0.3 is 41.7 Å². The number of hydrogen-bond donors (Lipinski definition) is 0. The summed E-state index contributed by atoms with van der Waals surface area (Å²) in [5, 5.41) is 0. The molecule has 0 heterocycles. The van der Waals surface area contributed by atoms with Crippen LogP contribution in [0.4, 0.5) is 13.2 Å². The third kappa shape index (κ3) is 6.20.